The third-order valence-corrected chi connectivity index (χ3v) is 2.47. The molecule has 1 aliphatic heterocycles. The molecule has 2 heteroatoms. The van der Waals surface area contributed by atoms with Gasteiger partial charge >= 0.3 is 0 Å². The minimum Gasteiger partial charge on any atom is -0.381 e. The first-order chi connectivity index (χ1) is 6.29. The average molecular weight is 175 g/mol. The van der Waals surface area contributed by atoms with E-state index in [0.29, 0.717) is 12.5 Å². The molecule has 2 rings (SSSR count). The summed E-state index contributed by atoms with van der Waals surface area (Å²) in [7, 11) is 0. The van der Waals surface area contributed by atoms with E-state index in [1.54, 1.807) is 0 Å². The van der Waals surface area contributed by atoms with Gasteiger partial charge in [0.15, 0.2) is 0 Å². The standard InChI is InChI=1S/C11H13NO/c1-8-2-3-11-9(6-8)7-10(12-11)4-5-13/h2-3,5-6,10,12H,4,7H2,1H3. The smallest absolute Gasteiger partial charge is 0.122 e. The first kappa shape index (κ1) is 8.30. The predicted octanol–water partition coefficient (Wildman–Crippen LogP) is 1.92. The summed E-state index contributed by atoms with van der Waals surface area (Å²) in [6, 6.07) is 6.69. The van der Waals surface area contributed by atoms with Gasteiger partial charge in [0.25, 0.3) is 0 Å². The number of anilines is 1. The van der Waals surface area contributed by atoms with Gasteiger partial charge in [0.05, 0.1) is 0 Å². The van der Waals surface area contributed by atoms with E-state index < -0.39 is 0 Å². The summed E-state index contributed by atoms with van der Waals surface area (Å²) < 4.78 is 0. The van der Waals surface area contributed by atoms with Crippen molar-refractivity contribution >= 4 is 12.0 Å². The van der Waals surface area contributed by atoms with E-state index in [4.69, 9.17) is 0 Å². The van der Waals surface area contributed by atoms with Gasteiger partial charge in [0.2, 0.25) is 0 Å². The summed E-state index contributed by atoms with van der Waals surface area (Å²) in [4.78, 5) is 10.3. The van der Waals surface area contributed by atoms with Gasteiger partial charge < -0.3 is 10.1 Å². The highest BCUT2D eigenvalue weighted by Crippen LogP contribution is 2.27. The monoisotopic (exact) mass is 175 g/mol. The van der Waals surface area contributed by atoms with E-state index >= 15 is 0 Å². The number of hydrogen-bond donors (Lipinski definition) is 1. The number of benzene rings is 1. The predicted molar refractivity (Wildman–Crippen MR) is 53.0 cm³/mol. The Bertz CT molecular complexity index is 333. The normalized spacial score (nSPS) is 19.3. The summed E-state index contributed by atoms with van der Waals surface area (Å²) in [6.07, 6.45) is 2.57. The van der Waals surface area contributed by atoms with Crippen molar-refractivity contribution in [2.24, 2.45) is 0 Å². The van der Waals surface area contributed by atoms with Gasteiger partial charge in [-0.1, -0.05) is 17.7 Å². The van der Waals surface area contributed by atoms with Crippen LogP contribution in [0, 0.1) is 6.92 Å². The number of aldehydes is 1. The van der Waals surface area contributed by atoms with E-state index in [2.05, 4.69) is 30.4 Å². The molecular formula is C11H13NO. The van der Waals surface area contributed by atoms with Gasteiger partial charge in [0.1, 0.15) is 6.29 Å². The number of fused-ring (bicyclic) bond motifs is 1. The number of rotatable bonds is 2. The molecule has 0 aliphatic carbocycles. The first-order valence-corrected chi connectivity index (χ1v) is 4.59. The molecule has 0 aromatic heterocycles. The Labute approximate surface area is 78.0 Å². The lowest BCUT2D eigenvalue weighted by Gasteiger charge is -2.05. The fourth-order valence-electron chi connectivity index (χ4n) is 1.83. The molecule has 0 bridgehead atoms. The van der Waals surface area contributed by atoms with E-state index in [0.717, 1.165) is 12.7 Å². The van der Waals surface area contributed by atoms with Crippen LogP contribution in [0.3, 0.4) is 0 Å². The highest BCUT2D eigenvalue weighted by Gasteiger charge is 2.19. The van der Waals surface area contributed by atoms with Crippen molar-refractivity contribution in [1.29, 1.82) is 0 Å². The fraction of sp³-hybridized carbons (Fsp3) is 0.364. The number of aryl methyl sites for hydroxylation is 1. The zero-order chi connectivity index (χ0) is 9.26. The second-order valence-electron chi connectivity index (χ2n) is 3.61. The Morgan fingerprint density at radius 1 is 1.62 bits per heavy atom. The van der Waals surface area contributed by atoms with Crippen molar-refractivity contribution in [3.8, 4) is 0 Å². The molecule has 1 N–H and O–H groups in total. The zero-order valence-electron chi connectivity index (χ0n) is 7.71. The van der Waals surface area contributed by atoms with Gasteiger partial charge in [-0.15, -0.1) is 0 Å². The van der Waals surface area contributed by atoms with Crippen molar-refractivity contribution in [3.05, 3.63) is 29.3 Å². The molecule has 1 aliphatic rings. The average Bonchev–Trinajstić information content (AvgIpc) is 2.46. The maximum Gasteiger partial charge on any atom is 0.122 e. The highest BCUT2D eigenvalue weighted by molar-refractivity contribution is 5.61. The van der Waals surface area contributed by atoms with Gasteiger partial charge in [0, 0.05) is 18.2 Å². The van der Waals surface area contributed by atoms with Crippen molar-refractivity contribution in [1.82, 2.24) is 0 Å². The van der Waals surface area contributed by atoms with E-state index in [-0.39, 0.29) is 0 Å². The number of carbonyl (C=O) groups excluding carboxylic acids is 1. The van der Waals surface area contributed by atoms with Gasteiger partial charge in [-0.2, -0.15) is 0 Å². The van der Waals surface area contributed by atoms with Crippen molar-refractivity contribution in [2.45, 2.75) is 25.8 Å². The Morgan fingerprint density at radius 2 is 2.46 bits per heavy atom. The summed E-state index contributed by atoms with van der Waals surface area (Å²) >= 11 is 0. The number of carbonyl (C=O) groups is 1. The molecule has 0 saturated heterocycles. The van der Waals surface area contributed by atoms with Crippen molar-refractivity contribution in [2.75, 3.05) is 5.32 Å². The molecule has 1 atom stereocenters. The van der Waals surface area contributed by atoms with Crippen LogP contribution in [0.2, 0.25) is 0 Å². The minimum atomic E-state index is 0.314. The molecule has 0 radical (unpaired) electrons. The van der Waals surface area contributed by atoms with Gasteiger partial charge in [-0.25, -0.2) is 0 Å². The fourth-order valence-corrected chi connectivity index (χ4v) is 1.83. The molecule has 1 unspecified atom stereocenters. The zero-order valence-corrected chi connectivity index (χ0v) is 7.71. The van der Waals surface area contributed by atoms with E-state index in [1.807, 2.05) is 0 Å². The second kappa shape index (κ2) is 3.21. The topological polar surface area (TPSA) is 29.1 Å². The van der Waals surface area contributed by atoms with Crippen LogP contribution in [0.1, 0.15) is 17.5 Å². The molecule has 2 nitrogen and oxygen atoms in total. The highest BCUT2D eigenvalue weighted by atomic mass is 16.1. The summed E-state index contributed by atoms with van der Waals surface area (Å²) in [6.45, 7) is 2.09. The second-order valence-corrected chi connectivity index (χ2v) is 3.61. The number of nitrogens with one attached hydrogen (secondary N) is 1. The largest absolute Gasteiger partial charge is 0.381 e. The molecule has 1 aromatic carbocycles. The SMILES string of the molecule is Cc1ccc2c(c1)CC(CC=O)N2. The molecule has 68 valence electrons. The van der Waals surface area contributed by atoms with Crippen LogP contribution in [0.4, 0.5) is 5.69 Å². The Morgan fingerprint density at radius 3 is 3.23 bits per heavy atom. The van der Waals surface area contributed by atoms with Crippen LogP contribution in [-0.4, -0.2) is 12.3 Å². The Kier molecular flexibility index (Phi) is 2.05. The van der Waals surface area contributed by atoms with Gasteiger partial charge in [-0.3, -0.25) is 0 Å². The molecule has 0 fully saturated rings. The molecule has 0 amide bonds. The Balaban J connectivity index is 2.20. The quantitative estimate of drug-likeness (QED) is 0.696. The van der Waals surface area contributed by atoms with Crippen LogP contribution in [0.5, 0.6) is 0 Å². The van der Waals surface area contributed by atoms with Crippen molar-refractivity contribution < 1.29 is 4.79 Å². The van der Waals surface area contributed by atoms with Gasteiger partial charge in [-0.05, 0) is 25.0 Å². The lowest BCUT2D eigenvalue weighted by Crippen LogP contribution is -2.15. The lowest BCUT2D eigenvalue weighted by atomic mass is 10.1. The molecule has 0 saturated carbocycles. The van der Waals surface area contributed by atoms with E-state index in [9.17, 15) is 4.79 Å². The molecule has 1 aromatic rings. The Hall–Kier alpha value is -1.31. The minimum absolute atomic E-state index is 0.314. The van der Waals surface area contributed by atoms with Crippen LogP contribution < -0.4 is 5.32 Å². The van der Waals surface area contributed by atoms with Crippen LogP contribution in [0.25, 0.3) is 0 Å². The first-order valence-electron chi connectivity index (χ1n) is 4.59. The van der Waals surface area contributed by atoms with Crippen LogP contribution >= 0.6 is 0 Å². The van der Waals surface area contributed by atoms with E-state index in [1.165, 1.54) is 16.8 Å². The molecule has 1 heterocycles. The number of hydrogen-bond acceptors (Lipinski definition) is 2. The van der Waals surface area contributed by atoms with Crippen LogP contribution in [-0.2, 0) is 11.2 Å². The lowest BCUT2D eigenvalue weighted by molar-refractivity contribution is -0.108. The third-order valence-electron chi connectivity index (χ3n) is 2.47. The summed E-state index contributed by atoms with van der Waals surface area (Å²) in [5.74, 6) is 0. The molecular weight excluding hydrogens is 162 g/mol. The maximum atomic E-state index is 10.3. The van der Waals surface area contributed by atoms with Crippen molar-refractivity contribution in [3.63, 3.8) is 0 Å². The van der Waals surface area contributed by atoms with Crippen LogP contribution in [0.15, 0.2) is 18.2 Å². The summed E-state index contributed by atoms with van der Waals surface area (Å²) in [5.41, 5.74) is 3.82. The summed E-state index contributed by atoms with van der Waals surface area (Å²) in [5, 5.41) is 3.33. The third kappa shape index (κ3) is 1.57. The molecule has 0 spiro atoms. The maximum absolute atomic E-state index is 10.3. The molecule has 13 heavy (non-hydrogen) atoms.